The summed E-state index contributed by atoms with van der Waals surface area (Å²) in [6, 6.07) is 2.63. The summed E-state index contributed by atoms with van der Waals surface area (Å²) in [7, 11) is 0. The number of rotatable bonds is 6. The minimum Gasteiger partial charge on any atom is -0.382 e. The fourth-order valence-electron chi connectivity index (χ4n) is 3.46. The average molecular weight is 534 g/mol. The highest BCUT2D eigenvalue weighted by atomic mass is 19.4. The highest BCUT2D eigenvalue weighted by Gasteiger charge is 2.73. The van der Waals surface area contributed by atoms with Gasteiger partial charge in [-0.1, -0.05) is 12.1 Å². The summed E-state index contributed by atoms with van der Waals surface area (Å²) in [4.78, 5) is 12.6. The fraction of sp³-hybridized carbons (Fsp3) is 0.409. The Morgan fingerprint density at radius 3 is 2.03 bits per heavy atom. The van der Waals surface area contributed by atoms with Crippen molar-refractivity contribution in [3.05, 3.63) is 58.4 Å². The quantitative estimate of drug-likeness (QED) is 0.377. The number of carbonyl (C=O) groups is 1. The number of aryl methyl sites for hydroxylation is 1. The van der Waals surface area contributed by atoms with Crippen molar-refractivity contribution < 1.29 is 53.1 Å². The smallest absolute Gasteiger partial charge is 0.382 e. The fourth-order valence-corrected chi connectivity index (χ4v) is 3.46. The van der Waals surface area contributed by atoms with Crippen molar-refractivity contribution in [1.82, 2.24) is 0 Å². The molecule has 1 aliphatic rings. The lowest BCUT2D eigenvalue weighted by Gasteiger charge is -2.31. The van der Waals surface area contributed by atoms with Crippen LogP contribution in [0.1, 0.15) is 39.9 Å². The lowest BCUT2D eigenvalue weighted by molar-refractivity contribution is -0.348. The van der Waals surface area contributed by atoms with E-state index < -0.39 is 69.9 Å². The van der Waals surface area contributed by atoms with Crippen molar-refractivity contribution in [2.45, 2.75) is 44.0 Å². The van der Waals surface area contributed by atoms with Crippen molar-refractivity contribution in [3.63, 3.8) is 0 Å². The Labute approximate surface area is 196 Å². The van der Waals surface area contributed by atoms with E-state index in [2.05, 4.69) is 5.32 Å². The Hall–Kier alpha value is -3.06. The van der Waals surface area contributed by atoms with E-state index in [9.17, 15) is 53.1 Å². The molecule has 2 N–H and O–H groups in total. The molecule has 1 aliphatic carbocycles. The van der Waals surface area contributed by atoms with Crippen LogP contribution in [0.25, 0.3) is 0 Å². The molecule has 2 aromatic carbocycles. The Bertz CT molecular complexity index is 1130. The molecule has 0 unspecified atom stereocenters. The zero-order valence-corrected chi connectivity index (χ0v) is 18.2. The van der Waals surface area contributed by atoms with Gasteiger partial charge in [-0.2, -0.15) is 39.5 Å². The molecule has 198 valence electrons. The molecule has 0 radical (unpaired) electrons. The van der Waals surface area contributed by atoms with Crippen molar-refractivity contribution in [3.8, 4) is 0 Å². The van der Waals surface area contributed by atoms with Gasteiger partial charge in [0.1, 0.15) is 0 Å². The molecular weight excluding hydrogens is 517 g/mol. The Morgan fingerprint density at radius 1 is 0.944 bits per heavy atom. The van der Waals surface area contributed by atoms with Crippen LogP contribution in [0, 0.1) is 18.7 Å². The molecule has 3 rings (SSSR count). The van der Waals surface area contributed by atoms with Gasteiger partial charge in [0.2, 0.25) is 0 Å². The first-order valence-corrected chi connectivity index (χ1v) is 10.3. The van der Waals surface area contributed by atoms with E-state index in [4.69, 9.17) is 0 Å². The molecule has 0 aliphatic heterocycles. The summed E-state index contributed by atoms with van der Waals surface area (Å²) in [6.07, 6.45) is -17.1. The molecule has 0 spiro atoms. The number of hydrogen-bond donors (Lipinski definition) is 2. The Balaban J connectivity index is 2.06. The normalized spacial score (nSPS) is 15.1. The lowest BCUT2D eigenvalue weighted by atomic mass is 9.90. The molecule has 1 saturated carbocycles. The van der Waals surface area contributed by atoms with Gasteiger partial charge in [-0.05, 0) is 49.4 Å². The monoisotopic (exact) mass is 534 g/mol. The molecule has 0 saturated heterocycles. The van der Waals surface area contributed by atoms with Crippen LogP contribution in [0.4, 0.5) is 59.7 Å². The minimum atomic E-state index is -6.65. The van der Waals surface area contributed by atoms with E-state index in [1.165, 1.54) is 12.1 Å². The van der Waals surface area contributed by atoms with Crippen LogP contribution in [0.15, 0.2) is 30.3 Å². The summed E-state index contributed by atoms with van der Waals surface area (Å²) in [5.74, 6) is -2.29. The van der Waals surface area contributed by atoms with Crippen LogP contribution in [0.2, 0.25) is 0 Å². The topological polar surface area (TPSA) is 41.1 Å². The number of benzene rings is 2. The third-order valence-corrected chi connectivity index (χ3v) is 5.58. The van der Waals surface area contributed by atoms with E-state index >= 15 is 0 Å². The molecule has 1 amide bonds. The van der Waals surface area contributed by atoms with Gasteiger partial charge in [0.05, 0.1) is 22.5 Å². The van der Waals surface area contributed by atoms with E-state index in [0.717, 1.165) is 18.9 Å². The summed E-state index contributed by atoms with van der Waals surface area (Å²) >= 11 is 0. The van der Waals surface area contributed by atoms with Gasteiger partial charge in [0.25, 0.3) is 5.91 Å². The largest absolute Gasteiger partial charge is 0.435 e. The van der Waals surface area contributed by atoms with Crippen molar-refractivity contribution in [2.24, 2.45) is 5.92 Å². The molecular formula is C22H17F11N2O. The zero-order valence-electron chi connectivity index (χ0n) is 18.2. The predicted molar refractivity (Wildman–Crippen MR) is 107 cm³/mol. The molecule has 36 heavy (non-hydrogen) atoms. The SMILES string of the molecule is Cc1cc(C(F)(C(F)(F)F)C(F)(F)F)cc(C(F)(F)F)c1NC(=O)c1cccc(NCC2CC2)c1F. The summed E-state index contributed by atoms with van der Waals surface area (Å²) in [5.41, 5.74) is -13.8. The van der Waals surface area contributed by atoms with Gasteiger partial charge in [0.15, 0.2) is 5.82 Å². The lowest BCUT2D eigenvalue weighted by Crippen LogP contribution is -2.50. The number of hydrogen-bond acceptors (Lipinski definition) is 2. The number of anilines is 2. The minimum absolute atomic E-state index is 0.101. The van der Waals surface area contributed by atoms with Gasteiger partial charge >= 0.3 is 24.2 Å². The molecule has 0 atom stereocenters. The molecule has 0 heterocycles. The number of carbonyl (C=O) groups excluding carboxylic acids is 1. The summed E-state index contributed by atoms with van der Waals surface area (Å²) in [6.45, 7) is 1.02. The van der Waals surface area contributed by atoms with Crippen LogP contribution in [-0.2, 0) is 11.8 Å². The number of amides is 1. The Morgan fingerprint density at radius 2 is 1.53 bits per heavy atom. The highest BCUT2D eigenvalue weighted by Crippen LogP contribution is 2.54. The van der Waals surface area contributed by atoms with E-state index in [1.54, 1.807) is 5.32 Å². The molecule has 14 heteroatoms. The van der Waals surface area contributed by atoms with Crippen LogP contribution in [0.5, 0.6) is 0 Å². The first-order chi connectivity index (χ1) is 16.4. The van der Waals surface area contributed by atoms with Crippen LogP contribution in [-0.4, -0.2) is 24.8 Å². The molecule has 2 aromatic rings. The van der Waals surface area contributed by atoms with E-state index in [0.29, 0.717) is 19.4 Å². The standard InChI is InChI=1S/C22H17F11N2O/c1-10-7-12(19(24,21(28,29)30)22(31,32)33)8-14(20(25,26)27)17(10)35-18(36)13-3-2-4-15(16(13)23)34-9-11-5-6-11/h2-4,7-8,11,34H,5-6,9H2,1H3,(H,35,36). The third-order valence-electron chi connectivity index (χ3n) is 5.58. The number of halogens is 11. The maximum Gasteiger partial charge on any atom is 0.435 e. The van der Waals surface area contributed by atoms with Crippen LogP contribution < -0.4 is 10.6 Å². The van der Waals surface area contributed by atoms with Gasteiger partial charge in [-0.15, -0.1) is 0 Å². The highest BCUT2D eigenvalue weighted by molar-refractivity contribution is 6.06. The van der Waals surface area contributed by atoms with Crippen molar-refractivity contribution in [2.75, 3.05) is 17.2 Å². The second kappa shape index (κ2) is 9.11. The molecule has 1 fully saturated rings. The zero-order chi connectivity index (χ0) is 27.3. The van der Waals surface area contributed by atoms with E-state index in [-0.39, 0.29) is 11.8 Å². The number of nitrogens with one attached hydrogen (secondary N) is 2. The van der Waals surface area contributed by atoms with Crippen molar-refractivity contribution >= 4 is 17.3 Å². The maximum absolute atomic E-state index is 14.8. The van der Waals surface area contributed by atoms with Gasteiger partial charge in [-0.3, -0.25) is 4.79 Å². The van der Waals surface area contributed by atoms with E-state index in [1.807, 2.05) is 0 Å². The predicted octanol–water partition coefficient (Wildman–Crippen LogP) is 7.52. The summed E-state index contributed by atoms with van der Waals surface area (Å²) in [5, 5.41) is 4.44. The molecule has 0 aromatic heterocycles. The molecule has 0 bridgehead atoms. The van der Waals surface area contributed by atoms with Crippen LogP contribution >= 0.6 is 0 Å². The number of alkyl halides is 10. The maximum atomic E-state index is 14.8. The van der Waals surface area contributed by atoms with Gasteiger partial charge < -0.3 is 10.6 Å². The second-order valence-corrected chi connectivity index (χ2v) is 8.31. The molecule has 3 nitrogen and oxygen atoms in total. The first-order valence-electron chi connectivity index (χ1n) is 10.3. The Kier molecular flexibility index (Phi) is 6.96. The van der Waals surface area contributed by atoms with Crippen molar-refractivity contribution in [1.29, 1.82) is 0 Å². The first kappa shape index (κ1) is 27.5. The summed E-state index contributed by atoms with van der Waals surface area (Å²) < 4.78 is 149. The van der Waals surface area contributed by atoms with Crippen LogP contribution in [0.3, 0.4) is 0 Å². The van der Waals surface area contributed by atoms with Gasteiger partial charge in [0, 0.05) is 12.1 Å². The third kappa shape index (κ3) is 5.21. The average Bonchev–Trinajstić information content (AvgIpc) is 3.55. The second-order valence-electron chi connectivity index (χ2n) is 8.31. The van der Waals surface area contributed by atoms with Gasteiger partial charge in [-0.25, -0.2) is 8.78 Å².